The summed E-state index contributed by atoms with van der Waals surface area (Å²) in [5, 5.41) is 7.42. The third-order valence-electron chi connectivity index (χ3n) is 6.55. The summed E-state index contributed by atoms with van der Waals surface area (Å²) in [6, 6.07) is 4.90. The first-order valence-electron chi connectivity index (χ1n) is 9.97. The predicted molar refractivity (Wildman–Crippen MR) is 101 cm³/mol. The van der Waals surface area contributed by atoms with E-state index >= 15 is 0 Å². The van der Waals surface area contributed by atoms with E-state index in [-0.39, 0.29) is 24.1 Å². The summed E-state index contributed by atoms with van der Waals surface area (Å²) in [4.78, 5) is 1.99. The van der Waals surface area contributed by atoms with Gasteiger partial charge in [-0.15, -0.1) is 0 Å². The lowest BCUT2D eigenvalue weighted by molar-refractivity contribution is -0.161. The molecule has 1 unspecified atom stereocenters. The van der Waals surface area contributed by atoms with Crippen LogP contribution >= 0.6 is 0 Å². The molecule has 1 aromatic heterocycles. The number of aromatic nitrogens is 2. The molecule has 5 rings (SSSR count). The summed E-state index contributed by atoms with van der Waals surface area (Å²) in [5.41, 5.74) is 0.278. The Labute approximate surface area is 170 Å². The van der Waals surface area contributed by atoms with Gasteiger partial charge in [0.2, 0.25) is 0 Å². The van der Waals surface area contributed by atoms with Crippen molar-refractivity contribution in [1.82, 2.24) is 15.1 Å². The number of anilines is 1. The minimum Gasteiger partial charge on any atom is -0.381 e. The molecule has 30 heavy (non-hydrogen) atoms. The molecule has 2 aliphatic heterocycles. The molecule has 1 aliphatic carbocycles. The standard InChI is InChI=1S/C21H21F5N4/c1-29-18(10-17(28-29)20(6-7-20)21(24,25)26)30-8-5-15-12(11-30)9-16(27-15)19-13(22)3-2-4-14(19)23/h2-4,10,16,27H,5-9,11H2,1H3. The molecule has 1 N–H and O–H groups in total. The van der Waals surface area contributed by atoms with E-state index in [1.807, 2.05) is 4.90 Å². The van der Waals surface area contributed by atoms with Gasteiger partial charge in [-0.1, -0.05) is 6.07 Å². The topological polar surface area (TPSA) is 33.1 Å². The molecular weight excluding hydrogens is 403 g/mol. The molecule has 0 amide bonds. The monoisotopic (exact) mass is 424 g/mol. The van der Waals surface area contributed by atoms with Crippen molar-refractivity contribution in [3.05, 3.63) is 58.4 Å². The average Bonchev–Trinajstić information content (AvgIpc) is 3.26. The number of aryl methyl sites for hydroxylation is 1. The Morgan fingerprint density at radius 2 is 1.87 bits per heavy atom. The minimum absolute atomic E-state index is 0.0297. The fourth-order valence-electron chi connectivity index (χ4n) is 4.71. The molecule has 3 heterocycles. The number of rotatable bonds is 3. The van der Waals surface area contributed by atoms with Gasteiger partial charge in [0, 0.05) is 43.9 Å². The smallest absolute Gasteiger partial charge is 0.381 e. The fourth-order valence-corrected chi connectivity index (χ4v) is 4.71. The molecule has 0 saturated heterocycles. The zero-order valence-electron chi connectivity index (χ0n) is 16.4. The van der Waals surface area contributed by atoms with Crippen molar-refractivity contribution in [2.45, 2.75) is 43.3 Å². The summed E-state index contributed by atoms with van der Waals surface area (Å²) >= 11 is 0. The first kappa shape index (κ1) is 19.4. The maximum atomic E-state index is 14.2. The number of benzene rings is 1. The second-order valence-electron chi connectivity index (χ2n) is 8.38. The van der Waals surface area contributed by atoms with Gasteiger partial charge in [-0.2, -0.15) is 18.3 Å². The molecule has 3 aliphatic rings. The Kier molecular flexibility index (Phi) is 4.17. The second kappa shape index (κ2) is 6.46. The first-order valence-corrected chi connectivity index (χ1v) is 9.97. The highest BCUT2D eigenvalue weighted by Crippen LogP contribution is 2.58. The van der Waals surface area contributed by atoms with Gasteiger partial charge >= 0.3 is 6.18 Å². The van der Waals surface area contributed by atoms with Crippen molar-refractivity contribution in [3.63, 3.8) is 0 Å². The molecule has 0 spiro atoms. The Bertz CT molecular complexity index is 1010. The van der Waals surface area contributed by atoms with E-state index in [4.69, 9.17) is 0 Å². The molecule has 4 nitrogen and oxygen atoms in total. The van der Waals surface area contributed by atoms with Crippen molar-refractivity contribution < 1.29 is 22.0 Å². The number of alkyl halides is 3. The van der Waals surface area contributed by atoms with Gasteiger partial charge in [-0.05, 0) is 37.0 Å². The zero-order chi connectivity index (χ0) is 21.3. The lowest BCUT2D eigenvalue weighted by Gasteiger charge is -2.29. The first-order chi connectivity index (χ1) is 14.2. The SMILES string of the molecule is Cn1nc(C2(C(F)(F)F)CC2)cc1N1CCC2=C(CC(c3c(F)cccc3F)N2)C1. The van der Waals surface area contributed by atoms with Crippen molar-refractivity contribution in [3.8, 4) is 0 Å². The normalized spacial score (nSPS) is 22.9. The highest BCUT2D eigenvalue weighted by atomic mass is 19.4. The Morgan fingerprint density at radius 3 is 2.50 bits per heavy atom. The van der Waals surface area contributed by atoms with Crippen LogP contribution in [0, 0.1) is 11.6 Å². The van der Waals surface area contributed by atoms with Crippen LogP contribution in [0.4, 0.5) is 27.8 Å². The fraction of sp³-hybridized carbons (Fsp3) is 0.476. The van der Waals surface area contributed by atoms with Crippen LogP contribution in [-0.2, 0) is 12.5 Å². The lowest BCUT2D eigenvalue weighted by Crippen LogP contribution is -2.33. The van der Waals surface area contributed by atoms with E-state index in [0.717, 1.165) is 11.3 Å². The Morgan fingerprint density at radius 1 is 1.17 bits per heavy atom. The molecule has 9 heteroatoms. The molecule has 1 fully saturated rings. The number of hydrogen-bond donors (Lipinski definition) is 1. The number of hydrogen-bond acceptors (Lipinski definition) is 3. The van der Waals surface area contributed by atoms with Gasteiger partial charge in [-0.25, -0.2) is 8.78 Å². The van der Waals surface area contributed by atoms with Crippen molar-refractivity contribution in [1.29, 1.82) is 0 Å². The molecule has 0 bridgehead atoms. The van der Waals surface area contributed by atoms with Crippen LogP contribution in [0.15, 0.2) is 35.5 Å². The number of nitrogens with zero attached hydrogens (tertiary/aromatic N) is 3. The van der Waals surface area contributed by atoms with Gasteiger partial charge < -0.3 is 10.2 Å². The zero-order valence-corrected chi connectivity index (χ0v) is 16.4. The summed E-state index contributed by atoms with van der Waals surface area (Å²) in [7, 11) is 1.65. The average molecular weight is 424 g/mol. The summed E-state index contributed by atoms with van der Waals surface area (Å²) in [6.45, 7) is 1.09. The number of nitrogens with one attached hydrogen (secondary N) is 1. The van der Waals surface area contributed by atoms with Crippen LogP contribution in [0.5, 0.6) is 0 Å². The molecule has 1 aromatic carbocycles. The van der Waals surface area contributed by atoms with E-state index in [1.54, 1.807) is 13.1 Å². The molecule has 1 atom stereocenters. The van der Waals surface area contributed by atoms with E-state index in [9.17, 15) is 22.0 Å². The largest absolute Gasteiger partial charge is 0.400 e. The number of halogens is 5. The lowest BCUT2D eigenvalue weighted by atomic mass is 9.99. The van der Waals surface area contributed by atoms with Crippen LogP contribution in [0.25, 0.3) is 0 Å². The van der Waals surface area contributed by atoms with Crippen LogP contribution < -0.4 is 10.2 Å². The minimum atomic E-state index is -4.30. The van der Waals surface area contributed by atoms with Crippen LogP contribution in [-0.4, -0.2) is 29.0 Å². The van der Waals surface area contributed by atoms with Gasteiger partial charge in [0.1, 0.15) is 22.9 Å². The van der Waals surface area contributed by atoms with Crippen molar-refractivity contribution in [2.24, 2.45) is 7.05 Å². The summed E-state index contributed by atoms with van der Waals surface area (Å²) in [6.07, 6.45) is -3.07. The molecule has 160 valence electrons. The second-order valence-corrected chi connectivity index (χ2v) is 8.38. The van der Waals surface area contributed by atoms with Crippen LogP contribution in [0.2, 0.25) is 0 Å². The van der Waals surface area contributed by atoms with Gasteiger partial charge in [-0.3, -0.25) is 4.68 Å². The Hall–Kier alpha value is -2.58. The van der Waals surface area contributed by atoms with Crippen LogP contribution in [0.3, 0.4) is 0 Å². The maximum absolute atomic E-state index is 14.2. The van der Waals surface area contributed by atoms with Gasteiger partial charge in [0.05, 0.1) is 11.7 Å². The quantitative estimate of drug-likeness (QED) is 0.737. The van der Waals surface area contributed by atoms with E-state index in [0.29, 0.717) is 31.7 Å². The summed E-state index contributed by atoms with van der Waals surface area (Å²) < 4.78 is 70.3. The highest BCUT2D eigenvalue weighted by Gasteiger charge is 2.65. The van der Waals surface area contributed by atoms with Gasteiger partial charge in [0.25, 0.3) is 0 Å². The predicted octanol–water partition coefficient (Wildman–Crippen LogP) is 4.49. The van der Waals surface area contributed by atoms with E-state index in [1.165, 1.54) is 22.9 Å². The third kappa shape index (κ3) is 2.89. The third-order valence-corrected chi connectivity index (χ3v) is 6.55. The maximum Gasteiger partial charge on any atom is 0.400 e. The van der Waals surface area contributed by atoms with E-state index < -0.39 is 29.3 Å². The van der Waals surface area contributed by atoms with Crippen LogP contribution in [0.1, 0.15) is 43.0 Å². The Balaban J connectivity index is 1.36. The molecular formula is C21H21F5N4. The van der Waals surface area contributed by atoms with Crippen molar-refractivity contribution in [2.75, 3.05) is 18.0 Å². The molecule has 0 radical (unpaired) electrons. The van der Waals surface area contributed by atoms with Crippen molar-refractivity contribution >= 4 is 5.82 Å². The molecule has 1 saturated carbocycles. The summed E-state index contributed by atoms with van der Waals surface area (Å²) in [5.74, 6) is -0.530. The molecule has 2 aromatic rings. The van der Waals surface area contributed by atoms with E-state index in [2.05, 4.69) is 10.4 Å². The highest BCUT2D eigenvalue weighted by molar-refractivity contribution is 5.49. The van der Waals surface area contributed by atoms with Gasteiger partial charge in [0.15, 0.2) is 0 Å².